The van der Waals surface area contributed by atoms with E-state index in [0.29, 0.717) is 11.3 Å². The van der Waals surface area contributed by atoms with Gasteiger partial charge in [0.2, 0.25) is 0 Å². The molecule has 0 saturated heterocycles. The topological polar surface area (TPSA) is 58.6 Å². The lowest BCUT2D eigenvalue weighted by Gasteiger charge is -2.22. The minimum absolute atomic E-state index is 0.0316. The number of halogens is 3. The quantitative estimate of drug-likeness (QED) is 0.645. The van der Waals surface area contributed by atoms with E-state index in [0.717, 1.165) is 25.7 Å². The maximum absolute atomic E-state index is 12.0. The molecule has 2 rings (SSSR count). The average molecular weight is 355 g/mol. The Balaban J connectivity index is 1.84. The lowest BCUT2D eigenvalue weighted by Crippen LogP contribution is -2.38. The Kier molecular flexibility index (Phi) is 6.71. The molecule has 4 nitrogen and oxygen atoms in total. The predicted molar refractivity (Wildman–Crippen MR) is 85.8 cm³/mol. The zero-order valence-electron chi connectivity index (χ0n) is 13.6. The standard InChI is InChI=1S/C18H20F3NO3/c19-18(20,21)17(24)22-10-11-25-15-6-3-4-13(12-15)8-9-14-5-1-2-7-16(14)23/h3-4,6,12,14,16,23H,1-2,5,7,10-11H2,(H,22,24). The summed E-state index contributed by atoms with van der Waals surface area (Å²) in [6, 6.07) is 6.85. The van der Waals surface area contributed by atoms with Gasteiger partial charge in [-0.05, 0) is 31.0 Å². The van der Waals surface area contributed by atoms with E-state index in [1.165, 1.54) is 0 Å². The van der Waals surface area contributed by atoms with E-state index >= 15 is 0 Å². The number of hydrogen-bond donors (Lipinski definition) is 2. The van der Waals surface area contributed by atoms with Crippen molar-refractivity contribution in [3.8, 4) is 17.6 Å². The van der Waals surface area contributed by atoms with Crippen LogP contribution in [0, 0.1) is 17.8 Å². The first-order valence-electron chi connectivity index (χ1n) is 8.14. The summed E-state index contributed by atoms with van der Waals surface area (Å²) >= 11 is 0. The third-order valence-electron chi connectivity index (χ3n) is 3.88. The number of carbonyl (C=O) groups is 1. The summed E-state index contributed by atoms with van der Waals surface area (Å²) in [5, 5.41) is 11.6. The minimum Gasteiger partial charge on any atom is -0.492 e. The second-order valence-corrected chi connectivity index (χ2v) is 5.86. The van der Waals surface area contributed by atoms with E-state index in [-0.39, 0.29) is 19.1 Å². The van der Waals surface area contributed by atoms with Crippen LogP contribution >= 0.6 is 0 Å². The molecule has 7 heteroatoms. The molecule has 0 bridgehead atoms. The normalized spacial score (nSPS) is 20.3. The van der Waals surface area contributed by atoms with Crippen LogP contribution in [0.2, 0.25) is 0 Å². The number of carbonyl (C=O) groups excluding carboxylic acids is 1. The van der Waals surface area contributed by atoms with Gasteiger partial charge in [0.05, 0.1) is 12.6 Å². The molecule has 0 radical (unpaired) electrons. The van der Waals surface area contributed by atoms with E-state index < -0.39 is 18.2 Å². The van der Waals surface area contributed by atoms with Crippen molar-refractivity contribution in [1.29, 1.82) is 0 Å². The van der Waals surface area contributed by atoms with Crippen LogP contribution in [-0.4, -0.2) is 36.4 Å². The molecule has 0 spiro atoms. The number of hydrogen-bond acceptors (Lipinski definition) is 3. The molecule has 0 aromatic heterocycles. The first-order chi connectivity index (χ1) is 11.9. The van der Waals surface area contributed by atoms with Gasteiger partial charge in [-0.1, -0.05) is 30.7 Å². The maximum atomic E-state index is 12.0. The Morgan fingerprint density at radius 3 is 2.80 bits per heavy atom. The number of amides is 1. The fourth-order valence-electron chi connectivity index (χ4n) is 2.55. The summed E-state index contributed by atoms with van der Waals surface area (Å²) in [4.78, 5) is 10.7. The molecule has 1 amide bonds. The van der Waals surface area contributed by atoms with Crippen molar-refractivity contribution in [2.45, 2.75) is 38.0 Å². The van der Waals surface area contributed by atoms with Crippen LogP contribution in [0.4, 0.5) is 13.2 Å². The van der Waals surface area contributed by atoms with Crippen LogP contribution in [0.3, 0.4) is 0 Å². The van der Waals surface area contributed by atoms with E-state index in [4.69, 9.17) is 4.74 Å². The Morgan fingerprint density at radius 2 is 2.08 bits per heavy atom. The Morgan fingerprint density at radius 1 is 1.32 bits per heavy atom. The number of aliphatic hydroxyl groups excluding tert-OH is 1. The van der Waals surface area contributed by atoms with Gasteiger partial charge in [-0.25, -0.2) is 0 Å². The Labute approximate surface area is 144 Å². The minimum atomic E-state index is -4.89. The van der Waals surface area contributed by atoms with E-state index in [2.05, 4.69) is 11.8 Å². The van der Waals surface area contributed by atoms with Gasteiger partial charge in [0.25, 0.3) is 0 Å². The number of benzene rings is 1. The van der Waals surface area contributed by atoms with Gasteiger partial charge in [0.1, 0.15) is 12.4 Å². The third kappa shape index (κ3) is 6.31. The summed E-state index contributed by atoms with van der Waals surface area (Å²) in [5.74, 6) is 4.52. The zero-order valence-corrected chi connectivity index (χ0v) is 13.6. The van der Waals surface area contributed by atoms with Crippen molar-refractivity contribution in [1.82, 2.24) is 5.32 Å². The number of nitrogens with one attached hydrogen (secondary N) is 1. The molecular formula is C18H20F3NO3. The van der Waals surface area contributed by atoms with Crippen molar-refractivity contribution in [3.63, 3.8) is 0 Å². The van der Waals surface area contributed by atoms with Crippen LogP contribution < -0.4 is 10.1 Å². The summed E-state index contributed by atoms with van der Waals surface area (Å²) in [7, 11) is 0. The third-order valence-corrected chi connectivity index (χ3v) is 3.88. The number of aliphatic hydroxyl groups is 1. The van der Waals surface area contributed by atoms with Crippen molar-refractivity contribution in [2.24, 2.45) is 5.92 Å². The summed E-state index contributed by atoms with van der Waals surface area (Å²) in [6.45, 7) is -0.331. The highest BCUT2D eigenvalue weighted by molar-refractivity contribution is 5.81. The predicted octanol–water partition coefficient (Wildman–Crippen LogP) is 2.65. The van der Waals surface area contributed by atoms with Crippen LogP contribution in [0.15, 0.2) is 24.3 Å². The molecule has 2 unspecified atom stereocenters. The molecule has 0 aliphatic heterocycles. The Hall–Kier alpha value is -2.20. The molecule has 1 aromatic carbocycles. The van der Waals surface area contributed by atoms with Crippen LogP contribution in [0.25, 0.3) is 0 Å². The summed E-state index contributed by atoms with van der Waals surface area (Å²) in [6.07, 6.45) is -1.55. The molecule has 1 saturated carbocycles. The number of rotatable bonds is 4. The van der Waals surface area contributed by atoms with E-state index in [1.54, 1.807) is 29.6 Å². The highest BCUT2D eigenvalue weighted by Crippen LogP contribution is 2.23. The number of alkyl halides is 3. The van der Waals surface area contributed by atoms with Crippen LogP contribution in [-0.2, 0) is 4.79 Å². The molecule has 0 heterocycles. The lowest BCUT2D eigenvalue weighted by molar-refractivity contribution is -0.173. The average Bonchev–Trinajstić information content (AvgIpc) is 2.57. The van der Waals surface area contributed by atoms with Crippen molar-refractivity contribution >= 4 is 5.91 Å². The Bertz CT molecular complexity index is 649. The second kappa shape index (κ2) is 8.77. The smallest absolute Gasteiger partial charge is 0.471 e. The summed E-state index contributed by atoms with van der Waals surface area (Å²) in [5.41, 5.74) is 0.703. The van der Waals surface area contributed by atoms with Gasteiger partial charge in [-0.3, -0.25) is 4.79 Å². The van der Waals surface area contributed by atoms with Gasteiger partial charge in [-0.2, -0.15) is 13.2 Å². The number of ether oxygens (including phenoxy) is 1. The van der Waals surface area contributed by atoms with E-state index in [9.17, 15) is 23.1 Å². The monoisotopic (exact) mass is 355 g/mol. The largest absolute Gasteiger partial charge is 0.492 e. The van der Waals surface area contributed by atoms with Crippen LogP contribution in [0.5, 0.6) is 5.75 Å². The highest BCUT2D eigenvalue weighted by Gasteiger charge is 2.38. The zero-order chi connectivity index (χ0) is 18.3. The second-order valence-electron chi connectivity index (χ2n) is 5.86. The van der Waals surface area contributed by atoms with Gasteiger partial charge >= 0.3 is 12.1 Å². The van der Waals surface area contributed by atoms with Gasteiger partial charge in [0.15, 0.2) is 0 Å². The molecule has 1 aromatic rings. The van der Waals surface area contributed by atoms with Crippen molar-refractivity contribution in [3.05, 3.63) is 29.8 Å². The molecule has 2 atom stereocenters. The first kappa shape index (κ1) is 19.1. The highest BCUT2D eigenvalue weighted by atomic mass is 19.4. The SMILES string of the molecule is O=C(NCCOc1cccc(C#CC2CCCCC2O)c1)C(F)(F)F. The van der Waals surface area contributed by atoms with Crippen molar-refractivity contribution < 1.29 is 27.8 Å². The fourth-order valence-corrected chi connectivity index (χ4v) is 2.55. The lowest BCUT2D eigenvalue weighted by atomic mass is 9.87. The molecule has 1 aliphatic rings. The molecule has 25 heavy (non-hydrogen) atoms. The molecular weight excluding hydrogens is 335 g/mol. The molecule has 136 valence electrons. The molecule has 1 aliphatic carbocycles. The van der Waals surface area contributed by atoms with Gasteiger partial charge < -0.3 is 15.2 Å². The molecule has 2 N–H and O–H groups in total. The first-order valence-corrected chi connectivity index (χ1v) is 8.14. The van der Waals surface area contributed by atoms with Crippen LogP contribution in [0.1, 0.15) is 31.2 Å². The fraction of sp³-hybridized carbons (Fsp3) is 0.500. The molecule has 1 fully saturated rings. The van der Waals surface area contributed by atoms with E-state index in [1.807, 2.05) is 0 Å². The van der Waals surface area contributed by atoms with Gasteiger partial charge in [0, 0.05) is 11.5 Å². The van der Waals surface area contributed by atoms with Gasteiger partial charge in [-0.15, -0.1) is 0 Å². The maximum Gasteiger partial charge on any atom is 0.471 e. The van der Waals surface area contributed by atoms with Crippen molar-refractivity contribution in [2.75, 3.05) is 13.2 Å². The summed E-state index contributed by atoms with van der Waals surface area (Å²) < 4.78 is 41.4.